The summed E-state index contributed by atoms with van der Waals surface area (Å²) in [5.41, 5.74) is 0.871. The lowest BCUT2D eigenvalue weighted by Gasteiger charge is -2.38. The first-order valence-corrected chi connectivity index (χ1v) is 5.67. The van der Waals surface area contributed by atoms with Crippen LogP contribution in [0.5, 0.6) is 0 Å². The molecule has 1 atom stereocenters. The highest BCUT2D eigenvalue weighted by Gasteiger charge is 2.37. The molecular weight excluding hydrogens is 234 g/mol. The molecule has 0 aromatic heterocycles. The smallest absolute Gasteiger partial charge is 0.407 e. The summed E-state index contributed by atoms with van der Waals surface area (Å²) < 4.78 is 4.96. The normalized spacial score (nSPS) is 21.9. The summed E-state index contributed by atoms with van der Waals surface area (Å²) in [5, 5.41) is 11.6. The Balaban J connectivity index is 2.28. The predicted molar refractivity (Wildman–Crippen MR) is 64.4 cm³/mol. The second-order valence-corrected chi connectivity index (χ2v) is 5.07. The molecule has 1 fully saturated rings. The third-order valence-corrected chi connectivity index (χ3v) is 3.11. The number of amides is 1. The lowest BCUT2D eigenvalue weighted by molar-refractivity contribution is 0.0387. The minimum atomic E-state index is -0.961. The number of rotatable bonds is 2. The van der Waals surface area contributed by atoms with Gasteiger partial charge in [0.25, 0.3) is 0 Å². The number of ether oxygens (including phenoxy) is 1. The van der Waals surface area contributed by atoms with Gasteiger partial charge in [0.1, 0.15) is 6.61 Å². The van der Waals surface area contributed by atoms with E-state index in [0.717, 1.165) is 5.56 Å². The molecule has 0 spiro atoms. The number of carboxylic acids is 1. The molecular formula is C13H15NO4. The van der Waals surface area contributed by atoms with Crippen molar-refractivity contribution in [1.82, 2.24) is 5.32 Å². The number of carbonyl (C=O) groups is 2. The number of cyclic esters (lactones) is 1. The van der Waals surface area contributed by atoms with Gasteiger partial charge in [-0.15, -0.1) is 0 Å². The molecule has 1 aromatic rings. The first-order valence-electron chi connectivity index (χ1n) is 5.67. The fourth-order valence-electron chi connectivity index (χ4n) is 2.04. The summed E-state index contributed by atoms with van der Waals surface area (Å²) in [4.78, 5) is 22.1. The van der Waals surface area contributed by atoms with Crippen molar-refractivity contribution in [3.63, 3.8) is 0 Å². The average Bonchev–Trinajstić information content (AvgIpc) is 2.32. The van der Waals surface area contributed by atoms with Gasteiger partial charge in [0.05, 0.1) is 11.6 Å². The Morgan fingerprint density at radius 2 is 2.00 bits per heavy atom. The van der Waals surface area contributed by atoms with E-state index in [1.807, 2.05) is 13.8 Å². The fourth-order valence-corrected chi connectivity index (χ4v) is 2.04. The topological polar surface area (TPSA) is 75.6 Å². The van der Waals surface area contributed by atoms with Crippen molar-refractivity contribution in [3.8, 4) is 0 Å². The molecule has 1 saturated heterocycles. The lowest BCUT2D eigenvalue weighted by Crippen LogP contribution is -2.46. The van der Waals surface area contributed by atoms with Crippen molar-refractivity contribution < 1.29 is 19.4 Å². The number of carboxylic acid groups (broad SMARTS) is 1. The van der Waals surface area contributed by atoms with E-state index in [1.54, 1.807) is 12.1 Å². The zero-order valence-electron chi connectivity index (χ0n) is 10.3. The quantitative estimate of drug-likeness (QED) is 0.842. The molecule has 1 aliphatic heterocycles. The summed E-state index contributed by atoms with van der Waals surface area (Å²) in [6.45, 7) is 4.31. The predicted octanol–water partition coefficient (Wildman–Crippen LogP) is 2.19. The van der Waals surface area contributed by atoms with Crippen LogP contribution in [0.4, 0.5) is 4.79 Å². The Bertz CT molecular complexity index is 478. The Morgan fingerprint density at radius 1 is 1.39 bits per heavy atom. The number of carbonyl (C=O) groups excluding carboxylic acids is 1. The number of benzene rings is 1. The van der Waals surface area contributed by atoms with E-state index >= 15 is 0 Å². The summed E-state index contributed by atoms with van der Waals surface area (Å²) in [6, 6.07) is 6.34. The van der Waals surface area contributed by atoms with E-state index in [2.05, 4.69) is 5.32 Å². The van der Waals surface area contributed by atoms with Gasteiger partial charge >= 0.3 is 12.1 Å². The van der Waals surface area contributed by atoms with Gasteiger partial charge in [-0.1, -0.05) is 26.0 Å². The van der Waals surface area contributed by atoms with E-state index in [1.165, 1.54) is 12.1 Å². The molecule has 0 unspecified atom stereocenters. The number of alkyl carbamates (subject to hydrolysis) is 1. The highest BCUT2D eigenvalue weighted by Crippen LogP contribution is 2.36. The second kappa shape index (κ2) is 4.33. The molecule has 0 aliphatic carbocycles. The van der Waals surface area contributed by atoms with Gasteiger partial charge in [0, 0.05) is 5.41 Å². The molecule has 5 nitrogen and oxygen atoms in total. The molecule has 0 bridgehead atoms. The number of hydrogen-bond donors (Lipinski definition) is 2. The van der Waals surface area contributed by atoms with Crippen LogP contribution >= 0.6 is 0 Å². The molecule has 1 amide bonds. The van der Waals surface area contributed by atoms with E-state index in [-0.39, 0.29) is 17.0 Å². The number of aromatic carboxylic acids is 1. The Labute approximate surface area is 105 Å². The minimum absolute atomic E-state index is 0.179. The van der Waals surface area contributed by atoms with E-state index in [9.17, 15) is 9.59 Å². The maximum atomic E-state index is 11.3. The second-order valence-electron chi connectivity index (χ2n) is 5.07. The van der Waals surface area contributed by atoms with Crippen LogP contribution in [0.25, 0.3) is 0 Å². The molecule has 0 saturated carbocycles. The first kappa shape index (κ1) is 12.4. The van der Waals surface area contributed by atoms with Crippen LogP contribution in [0.2, 0.25) is 0 Å². The molecule has 0 radical (unpaired) electrons. The van der Waals surface area contributed by atoms with Crippen LogP contribution in [0.3, 0.4) is 0 Å². The highest BCUT2D eigenvalue weighted by molar-refractivity contribution is 5.87. The van der Waals surface area contributed by atoms with Crippen LogP contribution < -0.4 is 5.32 Å². The molecule has 2 rings (SSSR count). The van der Waals surface area contributed by atoms with Crippen molar-refractivity contribution in [2.24, 2.45) is 5.41 Å². The zero-order valence-corrected chi connectivity index (χ0v) is 10.3. The molecule has 1 aromatic carbocycles. The van der Waals surface area contributed by atoms with Crippen molar-refractivity contribution in [3.05, 3.63) is 35.4 Å². The maximum absolute atomic E-state index is 11.3. The Morgan fingerprint density at radius 3 is 2.56 bits per heavy atom. The third kappa shape index (κ3) is 2.30. The Kier molecular flexibility index (Phi) is 2.98. The zero-order chi connectivity index (χ0) is 13.3. The monoisotopic (exact) mass is 249 g/mol. The van der Waals surface area contributed by atoms with Crippen LogP contribution in [0, 0.1) is 5.41 Å². The van der Waals surface area contributed by atoms with Gasteiger partial charge < -0.3 is 15.2 Å². The van der Waals surface area contributed by atoms with Crippen LogP contribution in [0.1, 0.15) is 35.8 Å². The lowest BCUT2D eigenvalue weighted by atomic mass is 9.80. The Hall–Kier alpha value is -2.04. The first-order chi connectivity index (χ1) is 8.40. The molecule has 5 heteroatoms. The summed E-state index contributed by atoms with van der Waals surface area (Å²) in [7, 11) is 0. The molecule has 1 heterocycles. The van der Waals surface area contributed by atoms with Gasteiger partial charge in [-0.2, -0.15) is 0 Å². The van der Waals surface area contributed by atoms with Gasteiger partial charge in [-0.25, -0.2) is 9.59 Å². The largest absolute Gasteiger partial charge is 0.478 e. The summed E-state index contributed by atoms with van der Waals surface area (Å²) >= 11 is 0. The standard InChI is InChI=1S/C13H15NO4/c1-13(2)7-18-12(17)14-10(13)8-3-5-9(6-4-8)11(15)16/h3-6,10H,7H2,1-2H3,(H,14,17)(H,15,16)/t10-/m0/s1. The van der Waals surface area contributed by atoms with Gasteiger partial charge in [-0.05, 0) is 17.7 Å². The molecule has 2 N–H and O–H groups in total. The van der Waals surface area contributed by atoms with E-state index < -0.39 is 12.1 Å². The van der Waals surface area contributed by atoms with E-state index in [4.69, 9.17) is 9.84 Å². The van der Waals surface area contributed by atoms with Crippen LogP contribution in [-0.4, -0.2) is 23.8 Å². The highest BCUT2D eigenvalue weighted by atomic mass is 16.6. The van der Waals surface area contributed by atoms with Gasteiger partial charge in [0.2, 0.25) is 0 Å². The van der Waals surface area contributed by atoms with E-state index in [0.29, 0.717) is 6.61 Å². The van der Waals surface area contributed by atoms with Gasteiger partial charge in [-0.3, -0.25) is 0 Å². The maximum Gasteiger partial charge on any atom is 0.407 e. The van der Waals surface area contributed by atoms with Crippen molar-refractivity contribution >= 4 is 12.1 Å². The van der Waals surface area contributed by atoms with Gasteiger partial charge in [0.15, 0.2) is 0 Å². The SMILES string of the molecule is CC1(C)COC(=O)N[C@H]1c1ccc(C(=O)O)cc1. The molecule has 1 aliphatic rings. The summed E-state index contributed by atoms with van der Waals surface area (Å²) in [5.74, 6) is -0.961. The minimum Gasteiger partial charge on any atom is -0.478 e. The van der Waals surface area contributed by atoms with Crippen LogP contribution in [-0.2, 0) is 4.74 Å². The van der Waals surface area contributed by atoms with Crippen molar-refractivity contribution in [2.45, 2.75) is 19.9 Å². The number of hydrogen-bond acceptors (Lipinski definition) is 3. The number of nitrogens with one attached hydrogen (secondary N) is 1. The third-order valence-electron chi connectivity index (χ3n) is 3.11. The molecule has 96 valence electrons. The molecule has 18 heavy (non-hydrogen) atoms. The van der Waals surface area contributed by atoms with Crippen molar-refractivity contribution in [2.75, 3.05) is 6.61 Å². The van der Waals surface area contributed by atoms with Crippen LogP contribution in [0.15, 0.2) is 24.3 Å². The average molecular weight is 249 g/mol. The van der Waals surface area contributed by atoms with Crippen molar-refractivity contribution in [1.29, 1.82) is 0 Å². The fraction of sp³-hybridized carbons (Fsp3) is 0.385. The summed E-state index contributed by atoms with van der Waals surface area (Å²) in [6.07, 6.45) is -0.443.